The zero-order valence-electron chi connectivity index (χ0n) is 16.4. The molecule has 1 aromatic heterocycles. The zero-order chi connectivity index (χ0) is 21.0. The van der Waals surface area contributed by atoms with Gasteiger partial charge in [-0.25, -0.2) is 8.42 Å². The molecule has 0 unspecified atom stereocenters. The lowest BCUT2D eigenvalue weighted by Gasteiger charge is -2.28. The Bertz CT molecular complexity index is 1080. The molecule has 1 atom stereocenters. The summed E-state index contributed by atoms with van der Waals surface area (Å²) in [6, 6.07) is 15.7. The van der Waals surface area contributed by atoms with Gasteiger partial charge >= 0.3 is 0 Å². The van der Waals surface area contributed by atoms with E-state index in [1.807, 2.05) is 49.4 Å². The summed E-state index contributed by atoms with van der Waals surface area (Å²) in [5.74, 6) is -0.481. The summed E-state index contributed by atoms with van der Waals surface area (Å²) in [5.41, 5.74) is 2.42. The predicted molar refractivity (Wildman–Crippen MR) is 117 cm³/mol. The molecule has 9 heteroatoms. The number of nitrogens with zero attached hydrogens (tertiary/aromatic N) is 3. The van der Waals surface area contributed by atoms with Gasteiger partial charge in [-0.05, 0) is 31.0 Å². The maximum absolute atomic E-state index is 12.8. The Morgan fingerprint density at radius 1 is 1.10 bits per heavy atom. The van der Waals surface area contributed by atoms with Crippen molar-refractivity contribution >= 4 is 38.1 Å². The van der Waals surface area contributed by atoms with Crippen molar-refractivity contribution < 1.29 is 13.2 Å². The molecule has 0 spiro atoms. The van der Waals surface area contributed by atoms with Gasteiger partial charge in [-0.2, -0.15) is 0 Å². The van der Waals surface area contributed by atoms with Gasteiger partial charge in [0.2, 0.25) is 21.1 Å². The molecule has 1 amide bonds. The normalized spacial score (nSPS) is 12.4. The van der Waals surface area contributed by atoms with Crippen LogP contribution in [0.25, 0.3) is 10.6 Å². The molecule has 1 heterocycles. The molecule has 0 radical (unpaired) electrons. The van der Waals surface area contributed by atoms with E-state index >= 15 is 0 Å². The highest BCUT2D eigenvalue weighted by atomic mass is 32.2. The molecule has 0 bridgehead atoms. The van der Waals surface area contributed by atoms with Crippen LogP contribution < -0.4 is 9.62 Å². The first-order valence-electron chi connectivity index (χ1n) is 9.07. The highest BCUT2D eigenvalue weighted by Crippen LogP contribution is 2.27. The molecule has 0 fully saturated rings. The fraction of sp³-hybridized carbons (Fsp3) is 0.250. The molecule has 0 saturated heterocycles. The predicted octanol–water partition coefficient (Wildman–Crippen LogP) is 3.56. The quantitative estimate of drug-likeness (QED) is 0.619. The number of amides is 1. The Hall–Kier alpha value is -2.78. The zero-order valence-corrected chi connectivity index (χ0v) is 18.0. The fourth-order valence-electron chi connectivity index (χ4n) is 2.87. The first-order valence-corrected chi connectivity index (χ1v) is 11.7. The van der Waals surface area contributed by atoms with E-state index in [1.165, 1.54) is 11.3 Å². The molecule has 7 nitrogen and oxygen atoms in total. The van der Waals surface area contributed by atoms with E-state index in [2.05, 4.69) is 15.5 Å². The molecule has 0 aliphatic carbocycles. The number of carbonyl (C=O) groups is 1. The molecule has 2 aromatic carbocycles. The van der Waals surface area contributed by atoms with Gasteiger partial charge in [-0.1, -0.05) is 60.7 Å². The van der Waals surface area contributed by atoms with Gasteiger partial charge in [0.05, 0.1) is 11.9 Å². The van der Waals surface area contributed by atoms with E-state index in [4.69, 9.17) is 0 Å². The third-order valence-electron chi connectivity index (χ3n) is 4.36. The van der Waals surface area contributed by atoms with Crippen LogP contribution >= 0.6 is 11.3 Å². The van der Waals surface area contributed by atoms with Gasteiger partial charge < -0.3 is 0 Å². The summed E-state index contributed by atoms with van der Waals surface area (Å²) in [7, 11) is -3.67. The number of anilines is 2. The first kappa shape index (κ1) is 20.9. The standard InChI is InChI=1S/C20H22N4O3S2/c1-4-15-10-12-17(13-11-15)24(29(3,26)27)14(2)18(25)21-20-23-22-19(28-20)16-8-6-5-7-9-16/h5-14H,4H2,1-3H3,(H,21,23,25)/t14-/m0/s1. The van der Waals surface area contributed by atoms with Gasteiger partial charge in [0.15, 0.2) is 0 Å². The van der Waals surface area contributed by atoms with E-state index in [9.17, 15) is 13.2 Å². The second-order valence-electron chi connectivity index (χ2n) is 6.52. The molecule has 29 heavy (non-hydrogen) atoms. The maximum atomic E-state index is 12.8. The molecule has 0 saturated carbocycles. The van der Waals surface area contributed by atoms with Crippen molar-refractivity contribution in [2.45, 2.75) is 26.3 Å². The van der Waals surface area contributed by atoms with Crippen LogP contribution in [0.1, 0.15) is 19.4 Å². The summed E-state index contributed by atoms with van der Waals surface area (Å²) in [4.78, 5) is 12.8. The Labute approximate surface area is 174 Å². The van der Waals surface area contributed by atoms with Crippen LogP contribution in [0.4, 0.5) is 10.8 Å². The lowest BCUT2D eigenvalue weighted by Crippen LogP contribution is -2.45. The molecule has 0 aliphatic heterocycles. The summed E-state index contributed by atoms with van der Waals surface area (Å²) in [6.45, 7) is 3.56. The number of aromatic nitrogens is 2. The summed E-state index contributed by atoms with van der Waals surface area (Å²) < 4.78 is 25.9. The van der Waals surface area contributed by atoms with E-state index in [0.29, 0.717) is 15.8 Å². The lowest BCUT2D eigenvalue weighted by atomic mass is 10.1. The van der Waals surface area contributed by atoms with Crippen LogP contribution in [0, 0.1) is 0 Å². The largest absolute Gasteiger partial charge is 0.299 e. The summed E-state index contributed by atoms with van der Waals surface area (Å²) in [6.07, 6.45) is 1.93. The Balaban J connectivity index is 1.80. The highest BCUT2D eigenvalue weighted by Gasteiger charge is 2.29. The van der Waals surface area contributed by atoms with Crippen LogP contribution in [0.3, 0.4) is 0 Å². The molecule has 3 rings (SSSR count). The Morgan fingerprint density at radius 2 is 1.76 bits per heavy atom. The van der Waals surface area contributed by atoms with E-state index in [1.54, 1.807) is 19.1 Å². The summed E-state index contributed by atoms with van der Waals surface area (Å²) >= 11 is 1.23. The highest BCUT2D eigenvalue weighted by molar-refractivity contribution is 7.92. The minimum Gasteiger partial charge on any atom is -0.299 e. The monoisotopic (exact) mass is 430 g/mol. The minimum absolute atomic E-state index is 0.315. The van der Waals surface area contributed by atoms with Crippen molar-refractivity contribution in [2.24, 2.45) is 0 Å². The van der Waals surface area contributed by atoms with Gasteiger partial charge in [0.25, 0.3) is 0 Å². The van der Waals surface area contributed by atoms with E-state index in [-0.39, 0.29) is 0 Å². The number of nitrogens with one attached hydrogen (secondary N) is 1. The third-order valence-corrected chi connectivity index (χ3v) is 6.49. The van der Waals surface area contributed by atoms with Crippen LogP contribution in [0.2, 0.25) is 0 Å². The van der Waals surface area contributed by atoms with Crippen LogP contribution in [0.15, 0.2) is 54.6 Å². The average molecular weight is 431 g/mol. The second-order valence-corrected chi connectivity index (χ2v) is 9.36. The molecule has 152 valence electrons. The number of hydrogen-bond donors (Lipinski definition) is 1. The second kappa shape index (κ2) is 8.71. The molecular weight excluding hydrogens is 408 g/mol. The molecular formula is C20H22N4O3S2. The van der Waals surface area contributed by atoms with Crippen LogP contribution in [-0.2, 0) is 21.2 Å². The average Bonchev–Trinajstić information content (AvgIpc) is 3.16. The smallest absolute Gasteiger partial charge is 0.249 e. The number of hydrogen-bond acceptors (Lipinski definition) is 6. The summed E-state index contributed by atoms with van der Waals surface area (Å²) in [5, 5.41) is 11.8. The molecule has 1 N–H and O–H groups in total. The Kier molecular flexibility index (Phi) is 6.29. The lowest BCUT2D eigenvalue weighted by molar-refractivity contribution is -0.116. The van der Waals surface area contributed by atoms with Crippen molar-refractivity contribution in [1.82, 2.24) is 10.2 Å². The number of benzene rings is 2. The van der Waals surface area contributed by atoms with E-state index < -0.39 is 22.0 Å². The topological polar surface area (TPSA) is 92.3 Å². The molecule has 3 aromatic rings. The maximum Gasteiger partial charge on any atom is 0.249 e. The van der Waals surface area contributed by atoms with Crippen LogP contribution in [0.5, 0.6) is 0 Å². The SMILES string of the molecule is CCc1ccc(N([C@@H](C)C(=O)Nc2nnc(-c3ccccc3)s2)S(C)(=O)=O)cc1. The number of sulfonamides is 1. The fourth-order valence-corrected chi connectivity index (χ4v) is 4.80. The third kappa shape index (κ3) is 4.99. The van der Waals surface area contributed by atoms with Gasteiger partial charge in [0, 0.05) is 5.56 Å². The van der Waals surface area contributed by atoms with Gasteiger partial charge in [0.1, 0.15) is 11.0 Å². The minimum atomic E-state index is -3.67. The van der Waals surface area contributed by atoms with Gasteiger partial charge in [-0.3, -0.25) is 14.4 Å². The van der Waals surface area contributed by atoms with E-state index in [0.717, 1.165) is 28.1 Å². The number of aryl methyl sites for hydroxylation is 1. The van der Waals surface area contributed by atoms with Crippen molar-refractivity contribution in [1.29, 1.82) is 0 Å². The van der Waals surface area contributed by atoms with Crippen molar-refractivity contribution in [3.8, 4) is 10.6 Å². The Morgan fingerprint density at radius 3 is 2.34 bits per heavy atom. The molecule has 0 aliphatic rings. The number of carbonyl (C=O) groups excluding carboxylic acids is 1. The van der Waals surface area contributed by atoms with Crippen LogP contribution in [-0.4, -0.2) is 36.8 Å². The van der Waals surface area contributed by atoms with Crippen molar-refractivity contribution in [2.75, 3.05) is 15.9 Å². The van der Waals surface area contributed by atoms with Crippen molar-refractivity contribution in [3.05, 3.63) is 60.2 Å². The van der Waals surface area contributed by atoms with Gasteiger partial charge in [-0.15, -0.1) is 10.2 Å². The van der Waals surface area contributed by atoms with Crippen molar-refractivity contribution in [3.63, 3.8) is 0 Å². The first-order chi connectivity index (χ1) is 13.8. The number of rotatable bonds is 7.